The zero-order chi connectivity index (χ0) is 23.0. The first-order valence-electron chi connectivity index (χ1n) is 9.72. The lowest BCUT2D eigenvalue weighted by atomic mass is 10.00. The van der Waals surface area contributed by atoms with Crippen molar-refractivity contribution in [2.45, 2.75) is 26.9 Å². The lowest BCUT2D eigenvalue weighted by Gasteiger charge is -2.20. The molecule has 0 aliphatic carbocycles. The molecule has 1 aromatic carbocycles. The molecular formula is C24H17Cl2N3O3. The molecule has 160 valence electrons. The second kappa shape index (κ2) is 8.62. The van der Waals surface area contributed by atoms with Crippen molar-refractivity contribution in [3.05, 3.63) is 85.5 Å². The Hall–Kier alpha value is -3.40. The molecule has 32 heavy (non-hydrogen) atoms. The maximum atomic E-state index is 13.2. The number of fused-ring (bicyclic) bond motifs is 1. The van der Waals surface area contributed by atoms with Gasteiger partial charge < -0.3 is 9.15 Å². The summed E-state index contributed by atoms with van der Waals surface area (Å²) in [7, 11) is 0. The van der Waals surface area contributed by atoms with Crippen LogP contribution in [0.25, 0.3) is 22.3 Å². The molecule has 8 heteroatoms. The highest BCUT2D eigenvalue weighted by Crippen LogP contribution is 2.38. The van der Waals surface area contributed by atoms with Crippen molar-refractivity contribution in [3.63, 3.8) is 0 Å². The van der Waals surface area contributed by atoms with Gasteiger partial charge in [0.05, 0.1) is 16.0 Å². The quantitative estimate of drug-likeness (QED) is 0.334. The first kappa shape index (κ1) is 21.8. The minimum Gasteiger partial charge on any atom is -0.483 e. The van der Waals surface area contributed by atoms with E-state index in [2.05, 4.69) is 9.97 Å². The molecule has 4 aromatic rings. The van der Waals surface area contributed by atoms with Gasteiger partial charge >= 0.3 is 0 Å². The van der Waals surface area contributed by atoms with Crippen molar-refractivity contribution in [3.8, 4) is 23.1 Å². The van der Waals surface area contributed by atoms with Gasteiger partial charge in [0, 0.05) is 23.5 Å². The average molecular weight is 466 g/mol. The molecule has 3 heterocycles. The van der Waals surface area contributed by atoms with Crippen LogP contribution >= 0.6 is 23.2 Å². The van der Waals surface area contributed by atoms with Crippen molar-refractivity contribution >= 4 is 34.2 Å². The second-order valence-corrected chi connectivity index (χ2v) is 8.04. The van der Waals surface area contributed by atoms with Crippen LogP contribution in [0.1, 0.15) is 35.4 Å². The fourth-order valence-corrected chi connectivity index (χ4v) is 3.99. The maximum absolute atomic E-state index is 13.2. The number of ether oxygens (including phenoxy) is 1. The monoisotopic (exact) mass is 465 g/mol. The molecule has 6 nitrogen and oxygen atoms in total. The Morgan fingerprint density at radius 3 is 2.69 bits per heavy atom. The van der Waals surface area contributed by atoms with Gasteiger partial charge in [0.2, 0.25) is 0 Å². The molecule has 1 atom stereocenters. The van der Waals surface area contributed by atoms with Gasteiger partial charge in [-0.05, 0) is 56.7 Å². The van der Waals surface area contributed by atoms with Crippen molar-refractivity contribution in [1.29, 1.82) is 5.26 Å². The van der Waals surface area contributed by atoms with Crippen LogP contribution in [-0.2, 0) is 0 Å². The molecule has 0 unspecified atom stereocenters. The van der Waals surface area contributed by atoms with E-state index in [0.717, 1.165) is 0 Å². The molecule has 4 rings (SSSR count). The summed E-state index contributed by atoms with van der Waals surface area (Å²) in [4.78, 5) is 21.3. The van der Waals surface area contributed by atoms with Crippen LogP contribution in [0.2, 0.25) is 10.2 Å². The number of benzene rings is 1. The van der Waals surface area contributed by atoms with E-state index in [1.54, 1.807) is 44.4 Å². The zero-order valence-electron chi connectivity index (χ0n) is 17.4. The third-order valence-corrected chi connectivity index (χ3v) is 5.84. The van der Waals surface area contributed by atoms with Crippen LogP contribution in [0, 0.1) is 25.2 Å². The van der Waals surface area contributed by atoms with Crippen LogP contribution in [0.4, 0.5) is 0 Å². The van der Waals surface area contributed by atoms with Crippen molar-refractivity contribution in [1.82, 2.24) is 9.97 Å². The first-order valence-corrected chi connectivity index (χ1v) is 10.5. The summed E-state index contributed by atoms with van der Waals surface area (Å²) in [6.07, 6.45) is 2.62. The third kappa shape index (κ3) is 3.81. The second-order valence-electron chi connectivity index (χ2n) is 7.28. The Balaban J connectivity index is 1.94. The van der Waals surface area contributed by atoms with Crippen LogP contribution in [0.15, 0.2) is 51.9 Å². The molecule has 0 saturated carbocycles. The van der Waals surface area contributed by atoms with E-state index in [9.17, 15) is 10.1 Å². The number of hydrogen-bond acceptors (Lipinski definition) is 6. The third-order valence-electron chi connectivity index (χ3n) is 5.13. The van der Waals surface area contributed by atoms with E-state index < -0.39 is 6.10 Å². The summed E-state index contributed by atoms with van der Waals surface area (Å²) in [5, 5.41) is 10.4. The molecule has 0 radical (unpaired) electrons. The van der Waals surface area contributed by atoms with E-state index >= 15 is 0 Å². The lowest BCUT2D eigenvalue weighted by Crippen LogP contribution is -2.12. The fraction of sp³-hybridized carbons (Fsp3) is 0.167. The molecule has 0 aliphatic rings. The van der Waals surface area contributed by atoms with Gasteiger partial charge in [0.25, 0.3) is 0 Å². The summed E-state index contributed by atoms with van der Waals surface area (Å²) in [6, 6.07) is 10.4. The molecule has 0 amide bonds. The van der Waals surface area contributed by atoms with Crippen molar-refractivity contribution in [2.24, 2.45) is 0 Å². The van der Waals surface area contributed by atoms with Crippen LogP contribution in [0.5, 0.6) is 5.75 Å². The predicted molar refractivity (Wildman–Crippen MR) is 123 cm³/mol. The average Bonchev–Trinajstić information content (AvgIpc) is 2.79. The smallest absolute Gasteiger partial charge is 0.196 e. The minimum atomic E-state index is -0.660. The van der Waals surface area contributed by atoms with E-state index in [1.165, 1.54) is 6.07 Å². The van der Waals surface area contributed by atoms with Crippen LogP contribution in [-0.4, -0.2) is 9.97 Å². The van der Waals surface area contributed by atoms with E-state index in [-0.39, 0.29) is 22.0 Å². The maximum Gasteiger partial charge on any atom is 0.196 e. The molecule has 3 aromatic heterocycles. The largest absolute Gasteiger partial charge is 0.483 e. The molecule has 0 aliphatic heterocycles. The summed E-state index contributed by atoms with van der Waals surface area (Å²) in [5.41, 5.74) is 2.56. The van der Waals surface area contributed by atoms with Gasteiger partial charge in [0.1, 0.15) is 28.7 Å². The Bertz CT molecular complexity index is 1440. The van der Waals surface area contributed by atoms with E-state index in [1.807, 2.05) is 19.1 Å². The van der Waals surface area contributed by atoms with Crippen LogP contribution < -0.4 is 10.2 Å². The molecule has 0 bridgehead atoms. The SMILES string of the molecule is Cc1cc2c(=O)c(C)c(-c3cccnc3)oc2c([C@@H](C)Oc2ccc(Cl)nc2C#N)c1Cl. The Morgan fingerprint density at radius 2 is 2.00 bits per heavy atom. The fourth-order valence-electron chi connectivity index (χ4n) is 3.55. The number of aromatic nitrogens is 2. The predicted octanol–water partition coefficient (Wildman–Crippen LogP) is 6.19. The van der Waals surface area contributed by atoms with Crippen LogP contribution in [0.3, 0.4) is 0 Å². The Kier molecular flexibility index (Phi) is 5.88. The number of pyridine rings is 2. The van der Waals surface area contributed by atoms with Gasteiger partial charge in [-0.25, -0.2) is 4.98 Å². The van der Waals surface area contributed by atoms with Gasteiger partial charge in [-0.15, -0.1) is 0 Å². The summed E-state index contributed by atoms with van der Waals surface area (Å²) in [6.45, 7) is 5.29. The molecule has 0 N–H and O–H groups in total. The topological polar surface area (TPSA) is 89.0 Å². The molecule has 0 fully saturated rings. The normalized spacial score (nSPS) is 11.9. The first-order chi connectivity index (χ1) is 15.3. The number of aryl methyl sites for hydroxylation is 1. The number of rotatable bonds is 4. The van der Waals surface area contributed by atoms with Gasteiger partial charge in [-0.1, -0.05) is 23.2 Å². The van der Waals surface area contributed by atoms with Crippen molar-refractivity contribution in [2.75, 3.05) is 0 Å². The highest BCUT2D eigenvalue weighted by molar-refractivity contribution is 6.33. The highest BCUT2D eigenvalue weighted by atomic mass is 35.5. The molecule has 0 spiro atoms. The molecule has 0 saturated heterocycles. The number of hydrogen-bond donors (Lipinski definition) is 0. The zero-order valence-corrected chi connectivity index (χ0v) is 19.0. The number of nitriles is 1. The van der Waals surface area contributed by atoms with E-state index in [4.69, 9.17) is 32.4 Å². The number of halogens is 2. The Morgan fingerprint density at radius 1 is 1.22 bits per heavy atom. The van der Waals surface area contributed by atoms with Gasteiger partial charge in [-0.3, -0.25) is 9.78 Å². The highest BCUT2D eigenvalue weighted by Gasteiger charge is 2.24. The van der Waals surface area contributed by atoms with Gasteiger partial charge in [-0.2, -0.15) is 5.26 Å². The molecular weight excluding hydrogens is 449 g/mol. The van der Waals surface area contributed by atoms with E-state index in [0.29, 0.717) is 44.0 Å². The lowest BCUT2D eigenvalue weighted by molar-refractivity contribution is 0.225. The summed E-state index contributed by atoms with van der Waals surface area (Å²) >= 11 is 12.6. The minimum absolute atomic E-state index is 0.0470. The standard InChI is InChI=1S/C24H17Cl2N3O3/c1-12-9-16-22(30)13(2)23(15-5-4-8-28-11-15)32-24(16)20(21(12)26)14(3)31-18-6-7-19(25)29-17(18)10-27/h4-9,11,14H,1-3H3/t14-/m1/s1. The van der Waals surface area contributed by atoms with Gasteiger partial charge in [0.15, 0.2) is 16.9 Å². The summed E-state index contributed by atoms with van der Waals surface area (Å²) in [5.74, 6) is 0.659. The summed E-state index contributed by atoms with van der Waals surface area (Å²) < 4.78 is 12.3. The number of nitrogens with zero attached hydrogens (tertiary/aromatic N) is 3. The van der Waals surface area contributed by atoms with Crippen molar-refractivity contribution < 1.29 is 9.15 Å². The Labute approximate surface area is 194 Å².